The van der Waals surface area contributed by atoms with Gasteiger partial charge < -0.3 is 9.16 Å². The van der Waals surface area contributed by atoms with E-state index in [-0.39, 0.29) is 5.04 Å². The molecule has 0 amide bonds. The first-order valence-electron chi connectivity index (χ1n) is 12.9. The van der Waals surface area contributed by atoms with Crippen molar-refractivity contribution in [1.29, 1.82) is 5.26 Å². The molecule has 9 heteroatoms. The minimum Gasteiger partial charge on any atom is -0.543 e. The van der Waals surface area contributed by atoms with Crippen molar-refractivity contribution in [2.24, 2.45) is 0 Å². The lowest BCUT2D eigenvalue weighted by atomic mass is 10.1. The van der Waals surface area contributed by atoms with Crippen molar-refractivity contribution < 1.29 is 18.3 Å². The van der Waals surface area contributed by atoms with E-state index >= 15 is 0 Å². The molecule has 0 spiro atoms. The lowest BCUT2D eigenvalue weighted by Crippen LogP contribution is -2.43. The molecule has 0 fully saturated rings. The summed E-state index contributed by atoms with van der Waals surface area (Å²) >= 11 is 6.65. The topological polar surface area (TPSA) is 77.1 Å². The fourth-order valence-electron chi connectivity index (χ4n) is 3.68. The van der Waals surface area contributed by atoms with Gasteiger partial charge in [0.2, 0.25) is 8.32 Å². The molecule has 0 N–H and O–H groups in total. The number of hydrogen-bond acceptors (Lipinski definition) is 5. The van der Waals surface area contributed by atoms with Gasteiger partial charge in [-0.2, -0.15) is 5.26 Å². The van der Waals surface area contributed by atoms with Crippen LogP contribution in [-0.2, 0) is 4.74 Å². The Hall–Kier alpha value is -3.41. The number of rotatable bonds is 3. The maximum atomic E-state index is 13.4. The summed E-state index contributed by atoms with van der Waals surface area (Å²) in [5.41, 5.74) is 2.16. The molecular formula is C31H39ClFN3O3Si. The highest BCUT2D eigenvalue weighted by atomic mass is 35.5. The molecule has 0 unspecified atom stereocenters. The summed E-state index contributed by atoms with van der Waals surface area (Å²) in [7, 11) is -1.53. The Morgan fingerprint density at radius 3 is 2.17 bits per heavy atom. The van der Waals surface area contributed by atoms with Gasteiger partial charge in [-0.05, 0) is 75.3 Å². The SMILES string of the molecule is CC#N.CC(C)(C)OC(=O)n1c(-c2cc3ccccc3nc2Cl)cc2cc(O[Si](C)(C)C(C)(C)C)ccc21.CF. The van der Waals surface area contributed by atoms with Crippen molar-refractivity contribution in [3.63, 3.8) is 0 Å². The van der Waals surface area contributed by atoms with Gasteiger partial charge in [-0.15, -0.1) is 0 Å². The zero-order valence-corrected chi connectivity index (χ0v) is 26.8. The van der Waals surface area contributed by atoms with Gasteiger partial charge in [0.1, 0.15) is 16.5 Å². The van der Waals surface area contributed by atoms with Gasteiger partial charge in [0, 0.05) is 23.3 Å². The van der Waals surface area contributed by atoms with Crippen LogP contribution in [0.4, 0.5) is 9.18 Å². The number of alkyl halides is 1. The average molecular weight is 584 g/mol. The van der Waals surface area contributed by atoms with Crippen molar-refractivity contribution in [2.45, 2.75) is 72.2 Å². The number of fused-ring (bicyclic) bond motifs is 2. The third-order valence-electron chi connectivity index (χ3n) is 6.48. The monoisotopic (exact) mass is 583 g/mol. The molecule has 0 atom stereocenters. The normalized spacial score (nSPS) is 11.6. The molecule has 2 aromatic carbocycles. The standard InChI is InChI=1S/C28H33ClN2O3Si.C2H3N.CH3F/c1-27(2,3)33-26(32)31-23-14-13-20(34-35(7,8)28(4,5)6)15-19(23)17-24(31)21-16-18-11-9-10-12-22(18)30-25(21)29;1-2-3;1-2/h9-17H,1-8H3;1H3;1H3. The zero-order valence-electron chi connectivity index (χ0n) is 25.0. The van der Waals surface area contributed by atoms with E-state index < -0.39 is 20.0 Å². The van der Waals surface area contributed by atoms with E-state index in [1.165, 1.54) is 6.92 Å². The van der Waals surface area contributed by atoms with E-state index in [2.05, 4.69) is 38.8 Å². The summed E-state index contributed by atoms with van der Waals surface area (Å²) in [6, 6.07) is 19.3. The Kier molecular flexibility index (Phi) is 10.5. The van der Waals surface area contributed by atoms with E-state index in [1.807, 2.05) is 75.4 Å². The van der Waals surface area contributed by atoms with E-state index in [0.29, 0.717) is 23.6 Å². The maximum absolute atomic E-state index is 13.4. The average Bonchev–Trinajstić information content (AvgIpc) is 3.22. The highest BCUT2D eigenvalue weighted by Crippen LogP contribution is 2.39. The summed E-state index contributed by atoms with van der Waals surface area (Å²) < 4.78 is 23.4. The Balaban J connectivity index is 0.00000105. The highest BCUT2D eigenvalue weighted by Gasteiger charge is 2.39. The van der Waals surface area contributed by atoms with Gasteiger partial charge in [0.25, 0.3) is 0 Å². The van der Waals surface area contributed by atoms with Crippen LogP contribution in [0.5, 0.6) is 5.75 Å². The molecule has 0 aliphatic carbocycles. The van der Waals surface area contributed by atoms with Crippen molar-refractivity contribution in [3.8, 4) is 23.1 Å². The molecule has 6 nitrogen and oxygen atoms in total. The molecule has 0 saturated heterocycles. The summed E-state index contributed by atoms with van der Waals surface area (Å²) in [5.74, 6) is 0.791. The lowest BCUT2D eigenvalue weighted by molar-refractivity contribution is 0.0547. The van der Waals surface area contributed by atoms with E-state index in [9.17, 15) is 9.18 Å². The van der Waals surface area contributed by atoms with Gasteiger partial charge in [0.15, 0.2) is 0 Å². The molecule has 40 heavy (non-hydrogen) atoms. The van der Waals surface area contributed by atoms with E-state index in [0.717, 1.165) is 27.6 Å². The Morgan fingerprint density at radius 2 is 1.60 bits per heavy atom. The largest absolute Gasteiger partial charge is 0.543 e. The van der Waals surface area contributed by atoms with Crippen LogP contribution in [0.1, 0.15) is 48.5 Å². The molecule has 4 aromatic rings. The second kappa shape index (κ2) is 12.8. The second-order valence-corrected chi connectivity index (χ2v) is 16.8. The van der Waals surface area contributed by atoms with Crippen LogP contribution in [-0.4, -0.2) is 36.7 Å². The molecule has 4 rings (SSSR count). The number of halogens is 2. The number of carbonyl (C=O) groups is 1. The van der Waals surface area contributed by atoms with Crippen molar-refractivity contribution in [1.82, 2.24) is 9.55 Å². The molecule has 2 heterocycles. The van der Waals surface area contributed by atoms with Gasteiger partial charge in [-0.1, -0.05) is 50.6 Å². The number of aromatic nitrogens is 2. The molecule has 0 aliphatic rings. The first-order chi connectivity index (χ1) is 18.6. The number of nitrogens with zero attached hydrogens (tertiary/aromatic N) is 3. The molecule has 214 valence electrons. The molecule has 0 bridgehead atoms. The zero-order chi connectivity index (χ0) is 30.5. The third kappa shape index (κ3) is 7.61. The van der Waals surface area contributed by atoms with Crippen LogP contribution in [0.25, 0.3) is 33.1 Å². The maximum Gasteiger partial charge on any atom is 0.419 e. The summed E-state index contributed by atoms with van der Waals surface area (Å²) in [6.07, 6.45) is -0.468. The number of carbonyl (C=O) groups excluding carboxylic acids is 1. The molecular weight excluding hydrogens is 545 g/mol. The Labute approximate surface area is 242 Å². The third-order valence-corrected chi connectivity index (χ3v) is 11.1. The first-order valence-corrected chi connectivity index (χ1v) is 16.2. The predicted octanol–water partition coefficient (Wildman–Crippen LogP) is 9.79. The van der Waals surface area contributed by atoms with Crippen molar-refractivity contribution in [2.75, 3.05) is 7.18 Å². The van der Waals surface area contributed by atoms with Gasteiger partial charge in [0.05, 0.1) is 30.0 Å². The lowest BCUT2D eigenvalue weighted by Gasteiger charge is -2.36. The van der Waals surface area contributed by atoms with Crippen LogP contribution >= 0.6 is 11.6 Å². The second-order valence-electron chi connectivity index (χ2n) is 11.7. The number of benzene rings is 2. The van der Waals surface area contributed by atoms with Crippen LogP contribution in [0, 0.1) is 11.3 Å². The summed E-state index contributed by atoms with van der Waals surface area (Å²) in [4.78, 5) is 18.0. The fraction of sp³-hybridized carbons (Fsp3) is 0.387. The number of ether oxygens (including phenoxy) is 1. The van der Waals surface area contributed by atoms with Crippen molar-refractivity contribution in [3.05, 3.63) is 59.8 Å². The van der Waals surface area contributed by atoms with Gasteiger partial charge in [-0.25, -0.2) is 14.3 Å². The van der Waals surface area contributed by atoms with E-state index in [1.54, 1.807) is 10.6 Å². The van der Waals surface area contributed by atoms with Crippen LogP contribution < -0.4 is 4.43 Å². The predicted molar refractivity (Wildman–Crippen MR) is 165 cm³/mol. The molecule has 2 aromatic heterocycles. The minimum atomic E-state index is -2.03. The number of para-hydroxylation sites is 1. The van der Waals surface area contributed by atoms with Crippen molar-refractivity contribution >= 4 is 47.8 Å². The Bertz CT molecular complexity index is 1530. The number of pyridine rings is 1. The first kappa shape index (κ1) is 32.8. The summed E-state index contributed by atoms with van der Waals surface area (Å²) in [6.45, 7) is 18.1. The van der Waals surface area contributed by atoms with Gasteiger partial charge >= 0.3 is 6.09 Å². The summed E-state index contributed by atoms with van der Waals surface area (Å²) in [5, 5.41) is 9.52. The van der Waals surface area contributed by atoms with Crippen LogP contribution in [0.15, 0.2) is 54.6 Å². The van der Waals surface area contributed by atoms with Crippen LogP contribution in [0.3, 0.4) is 0 Å². The molecule has 0 saturated carbocycles. The highest BCUT2D eigenvalue weighted by molar-refractivity contribution is 6.74. The fourth-order valence-corrected chi connectivity index (χ4v) is 4.94. The quantitative estimate of drug-likeness (QED) is 0.177. The number of hydrogen-bond donors (Lipinski definition) is 0. The van der Waals surface area contributed by atoms with Gasteiger partial charge in [-0.3, -0.25) is 4.39 Å². The van der Waals surface area contributed by atoms with E-state index in [4.69, 9.17) is 26.0 Å². The number of nitriles is 1. The Morgan fingerprint density at radius 1 is 1.00 bits per heavy atom. The smallest absolute Gasteiger partial charge is 0.419 e. The molecule has 0 radical (unpaired) electrons. The van der Waals surface area contributed by atoms with Crippen LogP contribution in [0.2, 0.25) is 23.3 Å². The minimum absolute atomic E-state index is 0.0693. The molecule has 0 aliphatic heterocycles.